The molecule has 1 amide bonds. The topological polar surface area (TPSA) is 127 Å². The lowest BCUT2D eigenvalue weighted by Gasteiger charge is -2.11. The molecule has 0 aromatic heterocycles. The lowest BCUT2D eigenvalue weighted by Crippen LogP contribution is -2.26. The maximum atomic E-state index is 12.4. The molecule has 0 spiro atoms. The van der Waals surface area contributed by atoms with Gasteiger partial charge in [-0.2, -0.15) is 5.10 Å². The number of rotatable bonds is 8. The second-order valence-electron chi connectivity index (χ2n) is 6.38. The number of carboxylic acids is 1. The minimum Gasteiger partial charge on any atom is -0.490 e. The smallest absolute Gasteiger partial charge is 0.343 e. The number of amides is 1. The Bertz CT molecular complexity index is 1090. The molecule has 1 aliphatic heterocycles. The van der Waals surface area contributed by atoms with Gasteiger partial charge in [0.25, 0.3) is 0 Å². The summed E-state index contributed by atoms with van der Waals surface area (Å²) in [6.45, 7) is 2.15. The Balaban J connectivity index is 1.70. The van der Waals surface area contributed by atoms with Crippen LogP contribution in [0, 0.1) is 0 Å². The summed E-state index contributed by atoms with van der Waals surface area (Å²) in [5.74, 6) is -1.46. The number of carbonyl (C=O) groups is 3. The zero-order valence-electron chi connectivity index (χ0n) is 16.8. The lowest BCUT2D eigenvalue weighted by molar-refractivity contribution is -0.138. The van der Waals surface area contributed by atoms with Gasteiger partial charge in [0.05, 0.1) is 24.8 Å². The second-order valence-corrected chi connectivity index (χ2v) is 8.01. The molecule has 32 heavy (non-hydrogen) atoms. The van der Waals surface area contributed by atoms with E-state index in [1.54, 1.807) is 49.4 Å². The van der Waals surface area contributed by atoms with Crippen LogP contribution >= 0.6 is 23.4 Å². The molecule has 1 unspecified atom stereocenters. The highest BCUT2D eigenvalue weighted by Gasteiger charge is 2.32. The van der Waals surface area contributed by atoms with Crippen LogP contribution in [0.15, 0.2) is 52.7 Å². The van der Waals surface area contributed by atoms with Crippen LogP contribution in [-0.4, -0.2) is 46.2 Å². The van der Waals surface area contributed by atoms with E-state index in [9.17, 15) is 14.4 Å². The third kappa shape index (κ3) is 6.32. The Morgan fingerprint density at radius 1 is 1.22 bits per heavy atom. The van der Waals surface area contributed by atoms with Crippen molar-refractivity contribution in [1.82, 2.24) is 5.32 Å². The van der Waals surface area contributed by atoms with E-state index in [0.29, 0.717) is 28.5 Å². The molecule has 0 bridgehead atoms. The third-order valence-electron chi connectivity index (χ3n) is 4.04. The van der Waals surface area contributed by atoms with E-state index in [-0.39, 0.29) is 17.3 Å². The van der Waals surface area contributed by atoms with Gasteiger partial charge >= 0.3 is 11.9 Å². The van der Waals surface area contributed by atoms with Gasteiger partial charge in [0.1, 0.15) is 5.25 Å². The summed E-state index contributed by atoms with van der Waals surface area (Å²) in [7, 11) is 0. The number of thioether (sulfide) groups is 1. The highest BCUT2D eigenvalue weighted by molar-refractivity contribution is 8.15. The van der Waals surface area contributed by atoms with Crippen molar-refractivity contribution in [3.05, 3.63) is 58.6 Å². The standard InChI is InChI=1S/C21H18ClN3O6S/c1-2-30-16-9-12(11-23-25-21-24-19(28)17(32-21)10-18(26)27)3-8-15(16)31-20(29)13-4-6-14(22)7-5-13/h3-9,11,17H,2,10H2,1H3,(H,26,27)(H,24,25,28). The van der Waals surface area contributed by atoms with E-state index in [1.165, 1.54) is 6.21 Å². The highest BCUT2D eigenvalue weighted by Crippen LogP contribution is 2.29. The van der Waals surface area contributed by atoms with Crippen molar-refractivity contribution in [3.63, 3.8) is 0 Å². The number of esters is 1. The molecule has 2 aromatic carbocycles. The maximum Gasteiger partial charge on any atom is 0.343 e. The molecule has 11 heteroatoms. The molecule has 1 fully saturated rings. The molecule has 0 radical (unpaired) electrons. The lowest BCUT2D eigenvalue weighted by atomic mass is 10.2. The molecule has 9 nitrogen and oxygen atoms in total. The summed E-state index contributed by atoms with van der Waals surface area (Å²) < 4.78 is 11.0. The van der Waals surface area contributed by atoms with E-state index in [4.69, 9.17) is 26.2 Å². The fourth-order valence-corrected chi connectivity index (χ4v) is 3.64. The van der Waals surface area contributed by atoms with Crippen LogP contribution in [0.4, 0.5) is 0 Å². The van der Waals surface area contributed by atoms with Crippen LogP contribution in [0.1, 0.15) is 29.3 Å². The summed E-state index contributed by atoms with van der Waals surface area (Å²) in [5.41, 5.74) is 0.955. The van der Waals surface area contributed by atoms with Crippen molar-refractivity contribution in [2.45, 2.75) is 18.6 Å². The number of ether oxygens (including phenoxy) is 2. The zero-order valence-corrected chi connectivity index (χ0v) is 18.4. The highest BCUT2D eigenvalue weighted by atomic mass is 35.5. The molecular weight excluding hydrogens is 458 g/mol. The first kappa shape index (κ1) is 23.3. The van der Waals surface area contributed by atoms with Gasteiger partial charge in [-0.15, -0.1) is 5.10 Å². The Morgan fingerprint density at radius 2 is 1.97 bits per heavy atom. The zero-order chi connectivity index (χ0) is 23.1. The quantitative estimate of drug-likeness (QED) is 0.259. The molecule has 1 saturated heterocycles. The molecule has 0 saturated carbocycles. The van der Waals surface area contributed by atoms with Crippen molar-refractivity contribution in [1.29, 1.82) is 0 Å². The monoisotopic (exact) mass is 475 g/mol. The summed E-state index contributed by atoms with van der Waals surface area (Å²) >= 11 is 6.84. The van der Waals surface area contributed by atoms with E-state index in [0.717, 1.165) is 11.8 Å². The number of amidine groups is 1. The average Bonchev–Trinajstić information content (AvgIpc) is 3.09. The number of nitrogens with one attached hydrogen (secondary N) is 1. The Labute approximate surface area is 192 Å². The molecule has 1 heterocycles. The first-order valence-electron chi connectivity index (χ1n) is 9.40. The van der Waals surface area contributed by atoms with Crippen LogP contribution in [0.25, 0.3) is 0 Å². The summed E-state index contributed by atoms with van der Waals surface area (Å²) in [4.78, 5) is 34.9. The van der Waals surface area contributed by atoms with Crippen molar-refractivity contribution in [3.8, 4) is 11.5 Å². The number of halogens is 1. The molecule has 0 aliphatic carbocycles. The predicted octanol–water partition coefficient (Wildman–Crippen LogP) is 3.35. The van der Waals surface area contributed by atoms with Gasteiger partial charge in [0.15, 0.2) is 16.7 Å². The number of nitrogens with zero attached hydrogens (tertiary/aromatic N) is 2. The van der Waals surface area contributed by atoms with Crippen molar-refractivity contribution in [2.24, 2.45) is 10.2 Å². The van der Waals surface area contributed by atoms with E-state index < -0.39 is 23.1 Å². The van der Waals surface area contributed by atoms with Crippen molar-refractivity contribution >= 4 is 52.6 Å². The molecule has 166 valence electrons. The Kier molecular flexibility index (Phi) is 7.85. The van der Waals surface area contributed by atoms with Crippen molar-refractivity contribution in [2.75, 3.05) is 6.61 Å². The van der Waals surface area contributed by atoms with Gasteiger partial charge in [-0.05, 0) is 55.0 Å². The van der Waals surface area contributed by atoms with Gasteiger partial charge in [-0.3, -0.25) is 9.59 Å². The SMILES string of the molecule is CCOc1cc(C=N/N=C2/NC(=O)C(CC(=O)O)S2)ccc1OC(=O)c1ccc(Cl)cc1. The summed E-state index contributed by atoms with van der Waals surface area (Å²) in [6, 6.07) is 11.2. The molecule has 3 rings (SSSR count). The van der Waals surface area contributed by atoms with E-state index >= 15 is 0 Å². The van der Waals surface area contributed by atoms with Crippen LogP contribution in [0.3, 0.4) is 0 Å². The fraction of sp³-hybridized carbons (Fsp3) is 0.190. The number of hydrogen-bond acceptors (Lipinski definition) is 8. The summed E-state index contributed by atoms with van der Waals surface area (Å²) in [6.07, 6.45) is 1.13. The predicted molar refractivity (Wildman–Crippen MR) is 121 cm³/mol. The molecular formula is C21H18ClN3O6S. The van der Waals surface area contributed by atoms with Gasteiger partial charge < -0.3 is 19.9 Å². The number of hydrogen-bond donors (Lipinski definition) is 2. The number of carbonyl (C=O) groups excluding carboxylic acids is 2. The minimum absolute atomic E-state index is 0.219. The normalized spacial score (nSPS) is 16.9. The molecule has 2 N–H and O–H groups in total. The third-order valence-corrected chi connectivity index (χ3v) is 5.37. The van der Waals surface area contributed by atoms with Crippen LogP contribution in [0.2, 0.25) is 5.02 Å². The number of carboxylic acid groups (broad SMARTS) is 1. The van der Waals surface area contributed by atoms with Gasteiger partial charge in [-0.25, -0.2) is 4.79 Å². The molecule has 1 atom stereocenters. The van der Waals surface area contributed by atoms with Gasteiger partial charge in [-0.1, -0.05) is 23.4 Å². The van der Waals surface area contributed by atoms with Crippen LogP contribution in [-0.2, 0) is 9.59 Å². The Hall–Kier alpha value is -3.37. The fourth-order valence-electron chi connectivity index (χ4n) is 2.60. The second kappa shape index (κ2) is 10.8. The molecule has 1 aliphatic rings. The van der Waals surface area contributed by atoms with Crippen LogP contribution in [0.5, 0.6) is 11.5 Å². The number of aliphatic carboxylic acids is 1. The van der Waals surface area contributed by atoms with Crippen molar-refractivity contribution < 1.29 is 29.0 Å². The van der Waals surface area contributed by atoms with Crippen LogP contribution < -0.4 is 14.8 Å². The first-order valence-corrected chi connectivity index (χ1v) is 10.7. The average molecular weight is 476 g/mol. The largest absolute Gasteiger partial charge is 0.490 e. The molecule has 2 aromatic rings. The van der Waals surface area contributed by atoms with Gasteiger partial charge in [0.2, 0.25) is 5.91 Å². The van der Waals surface area contributed by atoms with E-state index in [2.05, 4.69) is 15.5 Å². The van der Waals surface area contributed by atoms with E-state index in [1.807, 2.05) is 0 Å². The maximum absolute atomic E-state index is 12.4. The Morgan fingerprint density at radius 3 is 2.66 bits per heavy atom. The number of benzene rings is 2. The van der Waals surface area contributed by atoms with Gasteiger partial charge in [0, 0.05) is 5.02 Å². The minimum atomic E-state index is -1.07. The first-order chi connectivity index (χ1) is 15.4. The summed E-state index contributed by atoms with van der Waals surface area (Å²) in [5, 5.41) is 19.1.